The van der Waals surface area contributed by atoms with Crippen LogP contribution in [-0.2, 0) is 4.79 Å². The summed E-state index contributed by atoms with van der Waals surface area (Å²) in [5, 5.41) is 7.04. The average molecular weight is 329 g/mol. The zero-order valence-electron chi connectivity index (χ0n) is 13.2. The number of amides is 1. The van der Waals surface area contributed by atoms with Crippen LogP contribution >= 0.6 is 11.6 Å². The van der Waals surface area contributed by atoms with Crippen molar-refractivity contribution in [1.29, 1.82) is 0 Å². The van der Waals surface area contributed by atoms with Crippen LogP contribution in [0.4, 0.5) is 5.69 Å². The quantitative estimate of drug-likeness (QED) is 0.884. The lowest BCUT2D eigenvalue weighted by Gasteiger charge is -2.14. The van der Waals surface area contributed by atoms with Crippen molar-refractivity contribution >= 4 is 23.2 Å². The van der Waals surface area contributed by atoms with Crippen molar-refractivity contribution in [1.82, 2.24) is 5.32 Å². The molecule has 1 saturated heterocycles. The minimum Gasteiger partial charge on any atom is -0.326 e. The highest BCUT2D eigenvalue weighted by Crippen LogP contribution is 2.24. The van der Waals surface area contributed by atoms with Crippen LogP contribution < -0.4 is 10.6 Å². The van der Waals surface area contributed by atoms with Gasteiger partial charge < -0.3 is 10.6 Å². The maximum Gasteiger partial charge on any atom is 0.231 e. The molecule has 2 aromatic rings. The van der Waals surface area contributed by atoms with Crippen LogP contribution in [-0.4, -0.2) is 19.0 Å². The van der Waals surface area contributed by atoms with Gasteiger partial charge in [0.15, 0.2) is 0 Å². The fourth-order valence-electron chi connectivity index (χ4n) is 2.93. The van der Waals surface area contributed by atoms with Gasteiger partial charge in [-0.15, -0.1) is 0 Å². The Morgan fingerprint density at radius 3 is 2.48 bits per heavy atom. The lowest BCUT2D eigenvalue weighted by Crippen LogP contribution is -2.18. The molecule has 2 N–H and O–H groups in total. The molecule has 0 spiro atoms. The van der Waals surface area contributed by atoms with Crippen LogP contribution in [0.1, 0.15) is 36.3 Å². The summed E-state index contributed by atoms with van der Waals surface area (Å²) in [7, 11) is 0. The van der Waals surface area contributed by atoms with Crippen molar-refractivity contribution < 1.29 is 4.79 Å². The summed E-state index contributed by atoms with van der Waals surface area (Å²) in [4.78, 5) is 12.4. The van der Waals surface area contributed by atoms with Crippen molar-refractivity contribution in [2.45, 2.75) is 25.2 Å². The van der Waals surface area contributed by atoms with E-state index in [0.717, 1.165) is 24.3 Å². The first kappa shape index (κ1) is 16.0. The Labute approximate surface area is 142 Å². The van der Waals surface area contributed by atoms with Crippen molar-refractivity contribution in [3.63, 3.8) is 0 Å². The highest BCUT2D eigenvalue weighted by Gasteiger charge is 2.17. The van der Waals surface area contributed by atoms with Crippen molar-refractivity contribution in [3.8, 4) is 0 Å². The normalized spacial score (nSPS) is 18.6. The molecule has 1 aliphatic rings. The van der Waals surface area contributed by atoms with E-state index in [9.17, 15) is 4.79 Å². The van der Waals surface area contributed by atoms with Gasteiger partial charge in [0, 0.05) is 17.3 Å². The molecular weight excluding hydrogens is 308 g/mol. The Bertz CT molecular complexity index is 661. The van der Waals surface area contributed by atoms with Gasteiger partial charge >= 0.3 is 0 Å². The number of hydrogen-bond acceptors (Lipinski definition) is 2. The largest absolute Gasteiger partial charge is 0.326 e. The smallest absolute Gasteiger partial charge is 0.231 e. The molecule has 4 heteroatoms. The Morgan fingerprint density at radius 1 is 1.17 bits per heavy atom. The third-order valence-electron chi connectivity index (χ3n) is 4.47. The zero-order chi connectivity index (χ0) is 16.2. The lowest BCUT2D eigenvalue weighted by molar-refractivity contribution is -0.117. The zero-order valence-corrected chi connectivity index (χ0v) is 13.9. The summed E-state index contributed by atoms with van der Waals surface area (Å²) in [6, 6.07) is 15.6. The molecule has 120 valence electrons. The van der Waals surface area contributed by atoms with Crippen LogP contribution in [0.25, 0.3) is 0 Å². The molecular formula is C19H21ClN2O. The molecule has 3 rings (SSSR count). The van der Waals surface area contributed by atoms with Crippen molar-refractivity contribution in [2.75, 3.05) is 18.4 Å². The summed E-state index contributed by atoms with van der Waals surface area (Å²) in [6.45, 7) is 4.03. The summed E-state index contributed by atoms with van der Waals surface area (Å²) in [6.07, 6.45) is 1.18. The van der Waals surface area contributed by atoms with E-state index >= 15 is 0 Å². The minimum absolute atomic E-state index is 0.0115. The number of carbonyl (C=O) groups is 1. The number of halogens is 1. The molecule has 1 unspecified atom stereocenters. The molecule has 1 aliphatic heterocycles. The van der Waals surface area contributed by atoms with Gasteiger partial charge in [0.2, 0.25) is 5.91 Å². The molecule has 1 amide bonds. The van der Waals surface area contributed by atoms with Crippen LogP contribution in [0, 0.1) is 0 Å². The summed E-state index contributed by atoms with van der Waals surface area (Å²) in [5.41, 5.74) is 3.13. The van der Waals surface area contributed by atoms with Gasteiger partial charge in [-0.2, -0.15) is 0 Å². The van der Waals surface area contributed by atoms with E-state index in [1.807, 2.05) is 43.3 Å². The third kappa shape index (κ3) is 3.92. The van der Waals surface area contributed by atoms with E-state index in [0.29, 0.717) is 10.9 Å². The highest BCUT2D eigenvalue weighted by molar-refractivity contribution is 6.30. The topological polar surface area (TPSA) is 41.1 Å². The number of carbonyl (C=O) groups excluding carboxylic acids is 1. The molecule has 1 heterocycles. The Hall–Kier alpha value is -1.84. The van der Waals surface area contributed by atoms with Gasteiger partial charge in [-0.05, 0) is 61.2 Å². The Balaban J connectivity index is 1.63. The second-order valence-electron chi connectivity index (χ2n) is 6.07. The standard InChI is InChI=1S/C19H21ClN2O/c1-13(14-2-6-17(20)7-3-14)19(23)22-18-8-4-15(5-9-18)16-10-11-21-12-16/h2-9,13,16,21H,10-12H2,1H3,(H,22,23)/t13-,16?/m0/s1. The number of nitrogens with one attached hydrogen (secondary N) is 2. The number of anilines is 1. The molecule has 3 nitrogen and oxygen atoms in total. The van der Waals surface area contributed by atoms with E-state index in [1.54, 1.807) is 0 Å². The molecule has 0 aliphatic carbocycles. The number of benzene rings is 2. The summed E-state index contributed by atoms with van der Waals surface area (Å²) < 4.78 is 0. The van der Waals surface area contributed by atoms with E-state index in [1.165, 1.54) is 12.0 Å². The first-order chi connectivity index (χ1) is 11.1. The second kappa shape index (κ2) is 7.16. The Morgan fingerprint density at radius 2 is 1.87 bits per heavy atom. The fourth-order valence-corrected chi connectivity index (χ4v) is 3.06. The predicted molar refractivity (Wildman–Crippen MR) is 95.2 cm³/mol. The van der Waals surface area contributed by atoms with E-state index in [2.05, 4.69) is 22.8 Å². The van der Waals surface area contributed by atoms with Crippen LogP contribution in [0.5, 0.6) is 0 Å². The van der Waals surface area contributed by atoms with Gasteiger partial charge in [0.05, 0.1) is 5.92 Å². The third-order valence-corrected chi connectivity index (χ3v) is 4.73. The molecule has 23 heavy (non-hydrogen) atoms. The van der Waals surface area contributed by atoms with E-state index < -0.39 is 0 Å². The SMILES string of the molecule is C[C@H](C(=O)Nc1ccc(C2CCNC2)cc1)c1ccc(Cl)cc1. The lowest BCUT2D eigenvalue weighted by atomic mass is 9.98. The first-order valence-electron chi connectivity index (χ1n) is 8.00. The minimum atomic E-state index is -0.217. The van der Waals surface area contributed by atoms with Crippen LogP contribution in [0.3, 0.4) is 0 Å². The molecule has 0 radical (unpaired) electrons. The van der Waals surface area contributed by atoms with Crippen LogP contribution in [0.15, 0.2) is 48.5 Å². The highest BCUT2D eigenvalue weighted by atomic mass is 35.5. The average Bonchev–Trinajstić information content (AvgIpc) is 3.10. The number of hydrogen-bond donors (Lipinski definition) is 2. The summed E-state index contributed by atoms with van der Waals surface area (Å²) >= 11 is 5.89. The van der Waals surface area contributed by atoms with Crippen molar-refractivity contribution in [3.05, 3.63) is 64.7 Å². The van der Waals surface area contributed by atoms with Gasteiger partial charge in [-0.25, -0.2) is 0 Å². The van der Waals surface area contributed by atoms with Gasteiger partial charge in [0.25, 0.3) is 0 Å². The molecule has 0 aromatic heterocycles. The molecule has 2 atom stereocenters. The fraction of sp³-hybridized carbons (Fsp3) is 0.316. The van der Waals surface area contributed by atoms with Gasteiger partial charge in [0.1, 0.15) is 0 Å². The Kier molecular flexibility index (Phi) is 4.99. The molecule has 1 fully saturated rings. The van der Waals surface area contributed by atoms with Crippen molar-refractivity contribution in [2.24, 2.45) is 0 Å². The second-order valence-corrected chi connectivity index (χ2v) is 6.51. The maximum absolute atomic E-state index is 12.4. The van der Waals surface area contributed by atoms with Gasteiger partial charge in [-0.1, -0.05) is 35.9 Å². The molecule has 0 saturated carbocycles. The first-order valence-corrected chi connectivity index (χ1v) is 8.38. The molecule has 0 bridgehead atoms. The number of rotatable bonds is 4. The van der Waals surface area contributed by atoms with E-state index in [-0.39, 0.29) is 11.8 Å². The predicted octanol–water partition coefficient (Wildman–Crippen LogP) is 4.16. The summed E-state index contributed by atoms with van der Waals surface area (Å²) in [5.74, 6) is 0.362. The monoisotopic (exact) mass is 328 g/mol. The maximum atomic E-state index is 12.4. The van der Waals surface area contributed by atoms with E-state index in [4.69, 9.17) is 11.6 Å². The van der Waals surface area contributed by atoms with Gasteiger partial charge in [-0.3, -0.25) is 4.79 Å². The molecule has 2 aromatic carbocycles. The van der Waals surface area contributed by atoms with Crippen LogP contribution in [0.2, 0.25) is 5.02 Å².